The summed E-state index contributed by atoms with van der Waals surface area (Å²) in [4.78, 5) is 0. The Morgan fingerprint density at radius 3 is 2.81 bits per heavy atom. The lowest BCUT2D eigenvalue weighted by Gasteiger charge is -1.96. The molecule has 2 N–H and O–H groups in total. The van der Waals surface area contributed by atoms with Crippen molar-refractivity contribution in [2.75, 3.05) is 5.75 Å². The zero-order valence-electron chi connectivity index (χ0n) is 9.47. The third kappa shape index (κ3) is 5.56. The van der Waals surface area contributed by atoms with E-state index < -0.39 is 0 Å². The Kier molecular flexibility index (Phi) is 6.33. The average molecular weight is 235 g/mol. The number of thioether (sulfide) groups is 1. The number of unbranched alkanes of at least 4 members (excludes halogenated alkanes) is 1. The quantitative estimate of drug-likeness (QED) is 0.369. The molecule has 0 amide bonds. The van der Waals surface area contributed by atoms with Crippen LogP contribution in [0.5, 0.6) is 0 Å². The zero-order valence-corrected chi connectivity index (χ0v) is 10.3. The Morgan fingerprint density at radius 1 is 1.38 bits per heavy atom. The van der Waals surface area contributed by atoms with E-state index in [1.54, 1.807) is 18.0 Å². The van der Waals surface area contributed by atoms with Gasteiger partial charge in [-0.15, -0.1) is 5.10 Å². The first-order valence-electron chi connectivity index (χ1n) is 5.37. The molecule has 0 aliphatic carbocycles. The highest BCUT2D eigenvalue weighted by atomic mass is 32.2. The topological polar surface area (TPSA) is 50.7 Å². The number of nitrogens with zero attached hydrogens (tertiary/aromatic N) is 2. The van der Waals surface area contributed by atoms with Crippen molar-refractivity contribution >= 4 is 23.1 Å². The molecule has 1 aromatic rings. The number of benzene rings is 1. The summed E-state index contributed by atoms with van der Waals surface area (Å²) < 4.78 is 0. The number of hydrogen-bond acceptors (Lipinski definition) is 3. The molecule has 0 heterocycles. The summed E-state index contributed by atoms with van der Waals surface area (Å²) in [6, 6.07) is 9.84. The predicted molar refractivity (Wildman–Crippen MR) is 73.0 cm³/mol. The van der Waals surface area contributed by atoms with Crippen LogP contribution in [0.2, 0.25) is 0 Å². The molecule has 0 saturated carbocycles. The van der Waals surface area contributed by atoms with E-state index >= 15 is 0 Å². The van der Waals surface area contributed by atoms with Gasteiger partial charge < -0.3 is 5.73 Å². The molecule has 4 heteroatoms. The van der Waals surface area contributed by atoms with Crippen LogP contribution >= 0.6 is 11.8 Å². The number of amidine groups is 1. The summed E-state index contributed by atoms with van der Waals surface area (Å²) in [6.45, 7) is 2.15. The molecule has 0 aromatic heterocycles. The highest BCUT2D eigenvalue weighted by Gasteiger charge is 1.91. The van der Waals surface area contributed by atoms with Gasteiger partial charge in [-0.3, -0.25) is 0 Å². The first-order chi connectivity index (χ1) is 7.83. The zero-order chi connectivity index (χ0) is 11.6. The normalized spacial score (nSPS) is 12.2. The molecule has 86 valence electrons. The Balaban J connectivity index is 2.37. The van der Waals surface area contributed by atoms with Gasteiger partial charge in [-0.25, -0.2) is 0 Å². The summed E-state index contributed by atoms with van der Waals surface area (Å²) >= 11 is 1.55. The van der Waals surface area contributed by atoms with Crippen LogP contribution in [0, 0.1) is 0 Å². The minimum Gasteiger partial charge on any atom is -0.377 e. The molecule has 0 aliphatic heterocycles. The Morgan fingerprint density at radius 2 is 2.12 bits per heavy atom. The summed E-state index contributed by atoms with van der Waals surface area (Å²) in [5.74, 6) is 1.01. The third-order valence-corrected chi connectivity index (χ3v) is 2.78. The largest absolute Gasteiger partial charge is 0.377 e. The number of rotatable bonds is 5. The van der Waals surface area contributed by atoms with Crippen molar-refractivity contribution in [3.63, 3.8) is 0 Å². The van der Waals surface area contributed by atoms with Crippen LogP contribution in [0.3, 0.4) is 0 Å². The van der Waals surface area contributed by atoms with Crippen molar-refractivity contribution in [3.05, 3.63) is 35.9 Å². The molecule has 0 spiro atoms. The van der Waals surface area contributed by atoms with Crippen LogP contribution in [-0.4, -0.2) is 17.1 Å². The van der Waals surface area contributed by atoms with Crippen molar-refractivity contribution in [1.29, 1.82) is 0 Å². The summed E-state index contributed by atoms with van der Waals surface area (Å²) in [5.41, 5.74) is 6.70. The van der Waals surface area contributed by atoms with E-state index in [0.717, 1.165) is 17.7 Å². The minimum absolute atomic E-state index is 0.528. The Hall–Kier alpha value is -1.29. The van der Waals surface area contributed by atoms with Crippen molar-refractivity contribution < 1.29 is 0 Å². The average Bonchev–Trinajstić information content (AvgIpc) is 2.31. The fourth-order valence-corrected chi connectivity index (χ4v) is 1.79. The lowest BCUT2D eigenvalue weighted by molar-refractivity contribution is 0.898. The van der Waals surface area contributed by atoms with E-state index in [0.29, 0.717) is 5.17 Å². The maximum atomic E-state index is 5.68. The first kappa shape index (κ1) is 12.8. The van der Waals surface area contributed by atoms with Gasteiger partial charge in [0.15, 0.2) is 5.17 Å². The lowest BCUT2D eigenvalue weighted by atomic mass is 10.2. The smallest absolute Gasteiger partial charge is 0.180 e. The van der Waals surface area contributed by atoms with E-state index in [-0.39, 0.29) is 0 Å². The molecule has 0 fully saturated rings. The molecule has 16 heavy (non-hydrogen) atoms. The highest BCUT2D eigenvalue weighted by Crippen LogP contribution is 2.04. The van der Waals surface area contributed by atoms with Gasteiger partial charge in [-0.1, -0.05) is 55.4 Å². The van der Waals surface area contributed by atoms with Gasteiger partial charge in [-0.2, -0.15) is 5.10 Å². The van der Waals surface area contributed by atoms with Crippen molar-refractivity contribution in [2.45, 2.75) is 19.8 Å². The van der Waals surface area contributed by atoms with Gasteiger partial charge in [-0.05, 0) is 12.0 Å². The van der Waals surface area contributed by atoms with Crippen molar-refractivity contribution in [3.8, 4) is 0 Å². The van der Waals surface area contributed by atoms with Crippen molar-refractivity contribution in [1.82, 2.24) is 0 Å². The number of nitrogens with two attached hydrogens (primary N) is 1. The van der Waals surface area contributed by atoms with Crippen LogP contribution in [0.15, 0.2) is 40.5 Å². The van der Waals surface area contributed by atoms with Crippen LogP contribution in [0.25, 0.3) is 0 Å². The van der Waals surface area contributed by atoms with Crippen LogP contribution < -0.4 is 5.73 Å². The molecule has 0 bridgehead atoms. The van der Waals surface area contributed by atoms with Gasteiger partial charge >= 0.3 is 0 Å². The Labute approximate surface area is 101 Å². The van der Waals surface area contributed by atoms with Crippen molar-refractivity contribution in [2.24, 2.45) is 15.9 Å². The van der Waals surface area contributed by atoms with E-state index in [9.17, 15) is 0 Å². The van der Waals surface area contributed by atoms with Gasteiger partial charge in [0.25, 0.3) is 0 Å². The van der Waals surface area contributed by atoms with E-state index in [4.69, 9.17) is 5.73 Å². The van der Waals surface area contributed by atoms with Crippen LogP contribution in [0.4, 0.5) is 0 Å². The second-order valence-corrected chi connectivity index (χ2v) is 4.41. The molecular formula is C12H17N3S. The van der Waals surface area contributed by atoms with Crippen LogP contribution in [-0.2, 0) is 0 Å². The monoisotopic (exact) mass is 235 g/mol. The molecule has 0 saturated heterocycles. The fourth-order valence-electron chi connectivity index (χ4n) is 1.04. The highest BCUT2D eigenvalue weighted by molar-refractivity contribution is 8.13. The van der Waals surface area contributed by atoms with Gasteiger partial charge in [0.2, 0.25) is 0 Å². The summed E-state index contributed by atoms with van der Waals surface area (Å²) in [7, 11) is 0. The standard InChI is InChI=1S/C12H17N3S/c1-2-3-9-16-12(13)15-14-10-11-7-5-4-6-8-11/h4-8,10H,2-3,9H2,1H3,(H2,13,15). The second-order valence-electron chi connectivity index (χ2n) is 3.30. The molecule has 3 nitrogen and oxygen atoms in total. The molecule has 0 aliphatic rings. The SMILES string of the molecule is CCCCSC(N)=NN=Cc1ccccc1. The summed E-state index contributed by atoms with van der Waals surface area (Å²) in [6.07, 6.45) is 4.03. The lowest BCUT2D eigenvalue weighted by Crippen LogP contribution is -2.06. The maximum absolute atomic E-state index is 5.68. The molecule has 0 atom stereocenters. The molecule has 1 aromatic carbocycles. The molecular weight excluding hydrogens is 218 g/mol. The van der Waals surface area contributed by atoms with Gasteiger partial charge in [0, 0.05) is 5.75 Å². The van der Waals surface area contributed by atoms with Gasteiger partial charge in [0.05, 0.1) is 6.21 Å². The maximum Gasteiger partial charge on any atom is 0.180 e. The molecule has 1 rings (SSSR count). The Bertz CT molecular complexity index is 347. The van der Waals surface area contributed by atoms with Gasteiger partial charge in [0.1, 0.15) is 0 Å². The van der Waals surface area contributed by atoms with E-state index in [1.165, 1.54) is 6.42 Å². The van der Waals surface area contributed by atoms with Crippen LogP contribution in [0.1, 0.15) is 25.3 Å². The van der Waals surface area contributed by atoms with E-state index in [2.05, 4.69) is 17.1 Å². The first-order valence-corrected chi connectivity index (χ1v) is 6.36. The second kappa shape index (κ2) is 7.93. The fraction of sp³-hybridized carbons (Fsp3) is 0.333. The molecule has 0 radical (unpaired) electrons. The minimum atomic E-state index is 0.528. The predicted octanol–water partition coefficient (Wildman–Crippen LogP) is 2.87. The molecule has 0 unspecified atom stereocenters. The third-order valence-electron chi connectivity index (χ3n) is 1.91. The number of hydrogen-bond donors (Lipinski definition) is 1. The van der Waals surface area contributed by atoms with E-state index in [1.807, 2.05) is 30.3 Å². The summed E-state index contributed by atoms with van der Waals surface area (Å²) in [5, 5.41) is 8.38.